The summed E-state index contributed by atoms with van der Waals surface area (Å²) in [5, 5.41) is 0. The lowest BCUT2D eigenvalue weighted by Crippen LogP contribution is -2.07. The fraction of sp³-hybridized carbons (Fsp3) is 0.455. The molecule has 1 aromatic carbocycles. The second-order valence-corrected chi connectivity index (χ2v) is 5.46. The molecule has 1 aromatic rings. The van der Waals surface area contributed by atoms with Crippen LogP contribution < -0.4 is 0 Å². The summed E-state index contributed by atoms with van der Waals surface area (Å²) in [6.45, 7) is 0.185. The molecule has 0 aliphatic heterocycles. The van der Waals surface area contributed by atoms with Crippen LogP contribution in [0.15, 0.2) is 24.3 Å². The lowest BCUT2D eigenvalue weighted by atomic mass is 10.1. The van der Waals surface area contributed by atoms with Crippen molar-refractivity contribution < 1.29 is 30.9 Å². The van der Waals surface area contributed by atoms with Crippen LogP contribution in [0, 0.1) is 0 Å². The fourth-order valence-corrected chi connectivity index (χ4v) is 1.81. The molecule has 0 unspecified atom stereocenters. The Morgan fingerprint density at radius 2 is 1.74 bits per heavy atom. The van der Waals surface area contributed by atoms with Gasteiger partial charge in [0.25, 0.3) is 10.1 Å². The van der Waals surface area contributed by atoms with Gasteiger partial charge in [0.15, 0.2) is 0 Å². The third-order valence-corrected chi connectivity index (χ3v) is 3.05. The molecule has 0 amide bonds. The van der Waals surface area contributed by atoms with Crippen molar-refractivity contribution in [3.8, 4) is 0 Å². The van der Waals surface area contributed by atoms with Crippen LogP contribution in [0.2, 0.25) is 0 Å². The Bertz CT molecular complexity index is 494. The van der Waals surface area contributed by atoms with Gasteiger partial charge in [-0.3, -0.25) is 4.55 Å². The molecule has 0 bridgehead atoms. The van der Waals surface area contributed by atoms with Crippen LogP contribution in [0.4, 0.5) is 13.2 Å². The number of rotatable bonds is 6. The zero-order valence-corrected chi connectivity index (χ0v) is 10.7. The summed E-state index contributed by atoms with van der Waals surface area (Å²) >= 11 is 0. The maximum absolute atomic E-state index is 12.3. The molecular weight excluding hydrogens is 285 g/mol. The first-order valence-corrected chi connectivity index (χ1v) is 6.98. The number of hydrogen-bond donors (Lipinski definition) is 1. The van der Waals surface area contributed by atoms with Crippen molar-refractivity contribution in [2.75, 3.05) is 12.4 Å². The molecule has 0 atom stereocenters. The minimum absolute atomic E-state index is 0.0869. The van der Waals surface area contributed by atoms with Gasteiger partial charge in [-0.1, -0.05) is 12.1 Å². The lowest BCUT2D eigenvalue weighted by molar-refractivity contribution is -0.137. The van der Waals surface area contributed by atoms with E-state index >= 15 is 0 Å². The van der Waals surface area contributed by atoms with E-state index in [-0.39, 0.29) is 19.6 Å². The van der Waals surface area contributed by atoms with Crippen LogP contribution in [-0.2, 0) is 27.6 Å². The molecule has 0 aliphatic carbocycles. The summed E-state index contributed by atoms with van der Waals surface area (Å²) in [6.07, 6.45) is -4.24. The Labute approximate surface area is 108 Å². The maximum Gasteiger partial charge on any atom is 0.416 e. The van der Waals surface area contributed by atoms with Crippen LogP contribution in [0.5, 0.6) is 0 Å². The van der Waals surface area contributed by atoms with E-state index in [4.69, 9.17) is 9.29 Å². The molecule has 0 saturated carbocycles. The SMILES string of the molecule is O=S(=O)(O)CCCOCc1ccc(C(F)(F)F)cc1. The van der Waals surface area contributed by atoms with E-state index in [9.17, 15) is 21.6 Å². The quantitative estimate of drug-likeness (QED) is 0.647. The highest BCUT2D eigenvalue weighted by atomic mass is 32.2. The monoisotopic (exact) mass is 298 g/mol. The van der Waals surface area contributed by atoms with Crippen molar-refractivity contribution in [2.24, 2.45) is 0 Å². The second-order valence-electron chi connectivity index (χ2n) is 3.89. The van der Waals surface area contributed by atoms with Gasteiger partial charge in [0, 0.05) is 6.61 Å². The Hall–Kier alpha value is -1.12. The summed E-state index contributed by atoms with van der Waals surface area (Å²) < 4.78 is 71.1. The first kappa shape index (κ1) is 15.9. The highest BCUT2D eigenvalue weighted by molar-refractivity contribution is 7.85. The molecule has 1 N–H and O–H groups in total. The van der Waals surface area contributed by atoms with Crippen molar-refractivity contribution in [1.82, 2.24) is 0 Å². The van der Waals surface area contributed by atoms with Gasteiger partial charge in [-0.05, 0) is 24.1 Å². The van der Waals surface area contributed by atoms with Crippen molar-refractivity contribution in [3.63, 3.8) is 0 Å². The normalized spacial score (nSPS) is 12.6. The molecule has 0 spiro atoms. The van der Waals surface area contributed by atoms with E-state index in [2.05, 4.69) is 0 Å². The summed E-state index contributed by atoms with van der Waals surface area (Å²) in [4.78, 5) is 0. The summed E-state index contributed by atoms with van der Waals surface area (Å²) in [6, 6.07) is 4.50. The molecule has 8 heteroatoms. The first-order chi connectivity index (χ1) is 8.68. The van der Waals surface area contributed by atoms with E-state index in [1.807, 2.05) is 0 Å². The molecular formula is C11H13F3O4S. The van der Waals surface area contributed by atoms with Crippen molar-refractivity contribution in [1.29, 1.82) is 0 Å². The van der Waals surface area contributed by atoms with E-state index in [1.54, 1.807) is 0 Å². The first-order valence-electron chi connectivity index (χ1n) is 5.37. The van der Waals surface area contributed by atoms with Gasteiger partial charge in [-0.25, -0.2) is 0 Å². The summed E-state index contributed by atoms with van der Waals surface area (Å²) in [7, 11) is -4.00. The molecule has 108 valence electrons. The van der Waals surface area contributed by atoms with Crippen molar-refractivity contribution >= 4 is 10.1 Å². The highest BCUT2D eigenvalue weighted by Crippen LogP contribution is 2.29. The predicted octanol–water partition coefficient (Wildman–Crippen LogP) is 2.50. The Morgan fingerprint density at radius 3 is 2.21 bits per heavy atom. The third kappa shape index (κ3) is 6.55. The number of alkyl halides is 3. The third-order valence-electron chi connectivity index (χ3n) is 2.24. The van der Waals surface area contributed by atoms with Crippen LogP contribution in [-0.4, -0.2) is 25.3 Å². The van der Waals surface area contributed by atoms with Gasteiger partial charge >= 0.3 is 6.18 Å². The van der Waals surface area contributed by atoms with Crippen molar-refractivity contribution in [2.45, 2.75) is 19.2 Å². The summed E-state index contributed by atoms with van der Waals surface area (Å²) in [5.74, 6) is -0.403. The van der Waals surface area contributed by atoms with E-state index in [1.165, 1.54) is 12.1 Å². The predicted molar refractivity (Wildman–Crippen MR) is 62.1 cm³/mol. The molecule has 19 heavy (non-hydrogen) atoms. The topological polar surface area (TPSA) is 63.6 Å². The number of benzene rings is 1. The fourth-order valence-electron chi connectivity index (χ4n) is 1.32. The zero-order chi connectivity index (χ0) is 14.5. The van der Waals surface area contributed by atoms with Gasteiger partial charge in [0.05, 0.1) is 17.9 Å². The van der Waals surface area contributed by atoms with Crippen molar-refractivity contribution in [3.05, 3.63) is 35.4 Å². The molecule has 0 aliphatic rings. The molecule has 0 fully saturated rings. The average Bonchev–Trinajstić information content (AvgIpc) is 2.26. The van der Waals surface area contributed by atoms with Gasteiger partial charge in [-0.2, -0.15) is 21.6 Å². The molecule has 0 heterocycles. The van der Waals surface area contributed by atoms with Gasteiger partial charge in [0.1, 0.15) is 0 Å². The maximum atomic E-state index is 12.3. The molecule has 1 rings (SSSR count). The van der Waals surface area contributed by atoms with Crippen LogP contribution in [0.25, 0.3) is 0 Å². The van der Waals surface area contributed by atoms with Crippen LogP contribution >= 0.6 is 0 Å². The zero-order valence-electron chi connectivity index (χ0n) is 9.85. The van der Waals surface area contributed by atoms with Gasteiger partial charge < -0.3 is 4.74 Å². The van der Waals surface area contributed by atoms with E-state index in [0.29, 0.717) is 5.56 Å². The van der Waals surface area contributed by atoms with E-state index in [0.717, 1.165) is 12.1 Å². The lowest BCUT2D eigenvalue weighted by Gasteiger charge is -2.08. The largest absolute Gasteiger partial charge is 0.416 e. The summed E-state index contributed by atoms with van der Waals surface area (Å²) in [5.41, 5.74) is -0.178. The number of hydrogen-bond acceptors (Lipinski definition) is 3. The Morgan fingerprint density at radius 1 is 1.16 bits per heavy atom. The Balaban J connectivity index is 2.35. The van der Waals surface area contributed by atoms with Crippen LogP contribution in [0.3, 0.4) is 0 Å². The molecule has 0 aromatic heterocycles. The minimum atomic E-state index is -4.37. The molecule has 4 nitrogen and oxygen atoms in total. The molecule has 0 radical (unpaired) electrons. The van der Waals surface area contributed by atoms with Crippen LogP contribution in [0.1, 0.15) is 17.5 Å². The minimum Gasteiger partial charge on any atom is -0.377 e. The van der Waals surface area contributed by atoms with Gasteiger partial charge in [0.2, 0.25) is 0 Å². The second kappa shape index (κ2) is 6.36. The highest BCUT2D eigenvalue weighted by Gasteiger charge is 2.29. The number of ether oxygens (including phenoxy) is 1. The van der Waals surface area contributed by atoms with E-state index < -0.39 is 27.6 Å². The van der Waals surface area contributed by atoms with Gasteiger partial charge in [-0.15, -0.1) is 0 Å². The molecule has 0 saturated heterocycles. The smallest absolute Gasteiger partial charge is 0.377 e. The number of halogens is 3. The average molecular weight is 298 g/mol. The standard InChI is InChI=1S/C11H13F3O4S/c12-11(13,14)10-4-2-9(3-5-10)8-18-6-1-7-19(15,16)17/h2-5H,1,6-8H2,(H,15,16,17). The Kier molecular flexibility index (Phi) is 5.33.